The van der Waals surface area contributed by atoms with Gasteiger partial charge in [0.25, 0.3) is 5.91 Å². The van der Waals surface area contributed by atoms with Crippen LogP contribution in [0.5, 0.6) is 5.75 Å². The molecular formula is C17H18N6O2. The summed E-state index contributed by atoms with van der Waals surface area (Å²) in [5, 5.41) is 22.3. The fraction of sp³-hybridized carbons (Fsp3) is 0.294. The molecule has 1 aliphatic rings. The number of carbonyl (C=O) groups excluding carboxylic acids is 1. The molecule has 1 saturated heterocycles. The highest BCUT2D eigenvalue weighted by Crippen LogP contribution is 2.25. The Kier molecular flexibility index (Phi) is 3.93. The van der Waals surface area contributed by atoms with Crippen LogP contribution in [0.1, 0.15) is 23.3 Å². The van der Waals surface area contributed by atoms with Crippen molar-refractivity contribution in [1.29, 1.82) is 0 Å². The molecule has 1 aromatic carbocycles. The average Bonchev–Trinajstić information content (AvgIpc) is 3.37. The molecule has 0 unspecified atom stereocenters. The highest BCUT2D eigenvalue weighted by Gasteiger charge is 2.32. The Morgan fingerprint density at radius 3 is 2.88 bits per heavy atom. The molecule has 8 heteroatoms. The fourth-order valence-electron chi connectivity index (χ4n) is 3.21. The van der Waals surface area contributed by atoms with E-state index < -0.39 is 0 Å². The Morgan fingerprint density at radius 2 is 2.12 bits per heavy atom. The third-order valence-electron chi connectivity index (χ3n) is 4.43. The van der Waals surface area contributed by atoms with Crippen molar-refractivity contribution in [3.63, 3.8) is 0 Å². The van der Waals surface area contributed by atoms with Crippen LogP contribution in [0.2, 0.25) is 0 Å². The van der Waals surface area contributed by atoms with E-state index in [-0.39, 0.29) is 23.4 Å². The summed E-state index contributed by atoms with van der Waals surface area (Å²) in [7, 11) is 0. The number of nitrogens with zero attached hydrogens (tertiary/aromatic N) is 6. The minimum Gasteiger partial charge on any atom is -0.504 e. The lowest BCUT2D eigenvalue weighted by molar-refractivity contribution is 0.0711. The molecule has 0 saturated carbocycles. The first kappa shape index (κ1) is 15.4. The smallest absolute Gasteiger partial charge is 0.278 e. The topological polar surface area (TPSA) is 89.1 Å². The third kappa shape index (κ3) is 2.98. The van der Waals surface area contributed by atoms with Gasteiger partial charge in [-0.15, -0.1) is 5.10 Å². The van der Waals surface area contributed by atoms with E-state index in [0.717, 1.165) is 18.5 Å². The van der Waals surface area contributed by atoms with E-state index in [0.29, 0.717) is 13.1 Å². The zero-order valence-electron chi connectivity index (χ0n) is 13.6. The zero-order valence-corrected chi connectivity index (χ0v) is 13.6. The number of para-hydroxylation sites is 1. The van der Waals surface area contributed by atoms with E-state index in [1.807, 2.05) is 30.3 Å². The predicted molar refractivity (Wildman–Crippen MR) is 89.3 cm³/mol. The van der Waals surface area contributed by atoms with Crippen LogP contribution in [-0.4, -0.2) is 53.3 Å². The molecule has 1 N–H and O–H groups in total. The molecular weight excluding hydrogens is 320 g/mol. The Balaban J connectivity index is 1.57. The summed E-state index contributed by atoms with van der Waals surface area (Å²) in [5.74, 6) is -0.366. The monoisotopic (exact) mass is 338 g/mol. The second-order valence-electron chi connectivity index (χ2n) is 6.06. The lowest BCUT2D eigenvalue weighted by Crippen LogP contribution is -2.38. The van der Waals surface area contributed by atoms with E-state index in [1.165, 1.54) is 10.9 Å². The van der Waals surface area contributed by atoms with E-state index in [2.05, 4.69) is 15.4 Å². The summed E-state index contributed by atoms with van der Waals surface area (Å²) in [6, 6.07) is 9.41. The summed E-state index contributed by atoms with van der Waals surface area (Å²) in [6.07, 6.45) is 6.68. The summed E-state index contributed by atoms with van der Waals surface area (Å²) in [4.78, 5) is 14.7. The number of aromatic nitrogens is 5. The number of benzene rings is 1. The van der Waals surface area contributed by atoms with Gasteiger partial charge in [-0.3, -0.25) is 9.48 Å². The fourth-order valence-corrected chi connectivity index (χ4v) is 3.21. The van der Waals surface area contributed by atoms with Crippen molar-refractivity contribution in [2.45, 2.75) is 25.4 Å². The van der Waals surface area contributed by atoms with Crippen molar-refractivity contribution in [1.82, 2.24) is 29.7 Å². The number of amides is 1. The Bertz CT molecular complexity index is 859. The summed E-state index contributed by atoms with van der Waals surface area (Å²) >= 11 is 0. The van der Waals surface area contributed by atoms with Crippen LogP contribution in [0.15, 0.2) is 48.9 Å². The highest BCUT2D eigenvalue weighted by molar-refractivity contribution is 5.95. The summed E-state index contributed by atoms with van der Waals surface area (Å²) < 4.78 is 3.24. The van der Waals surface area contributed by atoms with Gasteiger partial charge >= 0.3 is 0 Å². The second-order valence-corrected chi connectivity index (χ2v) is 6.06. The molecule has 1 aliphatic heterocycles. The van der Waals surface area contributed by atoms with Crippen LogP contribution in [0.25, 0.3) is 5.69 Å². The largest absolute Gasteiger partial charge is 0.504 e. The van der Waals surface area contributed by atoms with Crippen molar-refractivity contribution in [2.24, 2.45) is 0 Å². The van der Waals surface area contributed by atoms with Crippen molar-refractivity contribution >= 4 is 5.91 Å². The number of aromatic hydroxyl groups is 1. The molecule has 0 aliphatic carbocycles. The van der Waals surface area contributed by atoms with Crippen molar-refractivity contribution in [2.75, 3.05) is 6.54 Å². The molecule has 1 fully saturated rings. The molecule has 0 bridgehead atoms. The van der Waals surface area contributed by atoms with Gasteiger partial charge in [-0.2, -0.15) is 5.10 Å². The Hall–Kier alpha value is -3.16. The molecule has 1 atom stereocenters. The summed E-state index contributed by atoms with van der Waals surface area (Å²) in [6.45, 7) is 1.24. The molecule has 3 aromatic rings. The number of rotatable bonds is 4. The van der Waals surface area contributed by atoms with Crippen LogP contribution in [0.3, 0.4) is 0 Å². The minimum absolute atomic E-state index is 0.0236. The van der Waals surface area contributed by atoms with E-state index in [4.69, 9.17) is 0 Å². The molecule has 2 aromatic heterocycles. The first-order valence-electron chi connectivity index (χ1n) is 8.21. The molecule has 3 heterocycles. The van der Waals surface area contributed by atoms with Gasteiger partial charge in [-0.05, 0) is 25.0 Å². The number of carbonyl (C=O) groups is 1. The van der Waals surface area contributed by atoms with Gasteiger partial charge in [0, 0.05) is 12.7 Å². The van der Waals surface area contributed by atoms with Crippen molar-refractivity contribution in [3.8, 4) is 11.4 Å². The SMILES string of the molecule is O=C(c1nn(-c2ccccc2)cc1O)N1CCC[C@H]1Cn1ccnn1. The third-order valence-corrected chi connectivity index (χ3v) is 4.43. The first-order valence-corrected chi connectivity index (χ1v) is 8.21. The van der Waals surface area contributed by atoms with Gasteiger partial charge in [0.2, 0.25) is 0 Å². The van der Waals surface area contributed by atoms with E-state index in [9.17, 15) is 9.90 Å². The standard InChI is InChI=1S/C17H18N6O2/c24-15-12-23(13-5-2-1-3-6-13)19-16(15)17(25)22-9-4-7-14(22)11-21-10-8-18-20-21/h1-3,5-6,8,10,12,14,24H,4,7,9,11H2/t14-/m0/s1. The molecule has 1 amide bonds. The maximum absolute atomic E-state index is 12.9. The number of hydrogen-bond donors (Lipinski definition) is 1. The molecule has 4 rings (SSSR count). The number of hydrogen-bond acceptors (Lipinski definition) is 5. The van der Waals surface area contributed by atoms with Crippen molar-refractivity contribution < 1.29 is 9.90 Å². The molecule has 8 nitrogen and oxygen atoms in total. The highest BCUT2D eigenvalue weighted by atomic mass is 16.3. The Labute approximate surface area is 144 Å². The second kappa shape index (κ2) is 6.39. The quantitative estimate of drug-likeness (QED) is 0.778. The van der Waals surface area contributed by atoms with Crippen LogP contribution in [0, 0.1) is 0 Å². The Morgan fingerprint density at radius 1 is 1.28 bits per heavy atom. The minimum atomic E-state index is -0.255. The maximum Gasteiger partial charge on any atom is 0.278 e. The molecule has 128 valence electrons. The van der Waals surface area contributed by atoms with Gasteiger partial charge in [0.05, 0.1) is 30.7 Å². The van der Waals surface area contributed by atoms with E-state index >= 15 is 0 Å². The van der Waals surface area contributed by atoms with Crippen molar-refractivity contribution in [3.05, 3.63) is 54.6 Å². The van der Waals surface area contributed by atoms with Gasteiger partial charge in [-0.25, -0.2) is 4.68 Å². The lowest BCUT2D eigenvalue weighted by Gasteiger charge is -2.23. The van der Waals surface area contributed by atoms with Crippen LogP contribution < -0.4 is 0 Å². The predicted octanol–water partition coefficient (Wildman–Crippen LogP) is 1.47. The number of likely N-dealkylation sites (tertiary alicyclic amines) is 1. The normalized spacial score (nSPS) is 17.1. The van der Waals surface area contributed by atoms with Gasteiger partial charge in [0.1, 0.15) is 0 Å². The first-order chi connectivity index (χ1) is 12.2. The van der Waals surface area contributed by atoms with Crippen LogP contribution >= 0.6 is 0 Å². The van der Waals surface area contributed by atoms with Gasteiger partial charge < -0.3 is 10.0 Å². The molecule has 25 heavy (non-hydrogen) atoms. The van der Waals surface area contributed by atoms with E-state index in [1.54, 1.807) is 22.0 Å². The van der Waals surface area contributed by atoms with Gasteiger partial charge in [-0.1, -0.05) is 23.4 Å². The lowest BCUT2D eigenvalue weighted by atomic mass is 10.2. The van der Waals surface area contributed by atoms with Gasteiger partial charge in [0.15, 0.2) is 11.4 Å². The zero-order chi connectivity index (χ0) is 17.2. The van der Waals surface area contributed by atoms with Crippen LogP contribution in [-0.2, 0) is 6.54 Å². The summed E-state index contributed by atoms with van der Waals surface area (Å²) in [5.41, 5.74) is 0.867. The van der Waals surface area contributed by atoms with Crippen LogP contribution in [0.4, 0.5) is 0 Å². The molecule has 0 spiro atoms. The average molecular weight is 338 g/mol. The maximum atomic E-state index is 12.9. The molecule has 0 radical (unpaired) electrons.